The Morgan fingerprint density at radius 2 is 1.85 bits per heavy atom. The molecule has 0 atom stereocenters. The topological polar surface area (TPSA) is 109 Å². The molecular weight excluding hydrogens is 444 g/mol. The molecule has 172 valence electrons. The van der Waals surface area contributed by atoms with Crippen LogP contribution in [0.1, 0.15) is 12.5 Å². The van der Waals surface area contributed by atoms with Crippen LogP contribution in [0.4, 0.5) is 0 Å². The van der Waals surface area contributed by atoms with Crippen LogP contribution in [-0.4, -0.2) is 59.3 Å². The first-order chi connectivity index (χ1) is 15.9. The summed E-state index contributed by atoms with van der Waals surface area (Å²) in [6, 6.07) is 12.3. The Balaban J connectivity index is 1.28. The monoisotopic (exact) mass is 468 g/mol. The third-order valence-corrected chi connectivity index (χ3v) is 8.10. The molecule has 3 heterocycles. The molecule has 0 unspecified atom stereocenters. The summed E-state index contributed by atoms with van der Waals surface area (Å²) in [5.41, 5.74) is 2.72. The zero-order valence-electron chi connectivity index (χ0n) is 18.2. The van der Waals surface area contributed by atoms with Gasteiger partial charge in [0.1, 0.15) is 0 Å². The fourth-order valence-electron chi connectivity index (χ4n) is 4.39. The minimum Gasteiger partial charge on any atom is -0.408 e. The summed E-state index contributed by atoms with van der Waals surface area (Å²) < 4.78 is 34.4. The molecule has 2 aromatic heterocycles. The second-order valence-electron chi connectivity index (χ2n) is 8.06. The summed E-state index contributed by atoms with van der Waals surface area (Å²) in [7, 11) is -3.77. The molecule has 0 saturated carbocycles. The Labute approximate surface area is 190 Å². The van der Waals surface area contributed by atoms with Gasteiger partial charge < -0.3 is 14.3 Å². The van der Waals surface area contributed by atoms with Gasteiger partial charge in [0.2, 0.25) is 15.9 Å². The smallest absolute Gasteiger partial charge is 0.408 e. The van der Waals surface area contributed by atoms with Crippen LogP contribution in [0.25, 0.3) is 22.0 Å². The van der Waals surface area contributed by atoms with Crippen LogP contribution >= 0.6 is 0 Å². The van der Waals surface area contributed by atoms with E-state index >= 15 is 0 Å². The van der Waals surface area contributed by atoms with E-state index in [-0.39, 0.29) is 35.9 Å². The number of carbonyl (C=O) groups excluding carboxylic acids is 1. The molecule has 1 fully saturated rings. The third-order valence-electron chi connectivity index (χ3n) is 6.20. The van der Waals surface area contributed by atoms with Gasteiger partial charge in [0.05, 0.1) is 16.8 Å². The van der Waals surface area contributed by atoms with Crippen molar-refractivity contribution in [2.24, 2.45) is 0 Å². The molecule has 1 aliphatic rings. The zero-order valence-corrected chi connectivity index (χ0v) is 19.0. The van der Waals surface area contributed by atoms with E-state index in [2.05, 4.69) is 4.98 Å². The number of sulfonamides is 1. The molecule has 10 heteroatoms. The van der Waals surface area contributed by atoms with E-state index < -0.39 is 15.8 Å². The second kappa shape index (κ2) is 8.20. The van der Waals surface area contributed by atoms with E-state index in [0.717, 1.165) is 16.5 Å². The maximum absolute atomic E-state index is 13.2. The van der Waals surface area contributed by atoms with Crippen LogP contribution in [0.15, 0.2) is 62.8 Å². The number of rotatable bonds is 5. The summed E-state index contributed by atoms with van der Waals surface area (Å²) in [4.78, 5) is 29.7. The molecule has 4 aromatic rings. The Morgan fingerprint density at radius 1 is 1.09 bits per heavy atom. The number of carbonyl (C=O) groups is 1. The fourth-order valence-corrected chi connectivity index (χ4v) is 5.82. The van der Waals surface area contributed by atoms with Crippen molar-refractivity contribution in [1.82, 2.24) is 18.8 Å². The van der Waals surface area contributed by atoms with Crippen LogP contribution in [0.5, 0.6) is 0 Å². The van der Waals surface area contributed by atoms with Crippen molar-refractivity contribution in [3.8, 4) is 0 Å². The molecule has 1 saturated heterocycles. The average molecular weight is 469 g/mol. The lowest BCUT2D eigenvalue weighted by Crippen LogP contribution is -2.50. The molecule has 33 heavy (non-hydrogen) atoms. The molecule has 0 radical (unpaired) electrons. The number of amides is 1. The summed E-state index contributed by atoms with van der Waals surface area (Å²) in [5.74, 6) is -0.537. The van der Waals surface area contributed by atoms with Gasteiger partial charge in [-0.05, 0) is 30.7 Å². The van der Waals surface area contributed by atoms with Crippen LogP contribution in [0, 0.1) is 0 Å². The Kier molecular flexibility index (Phi) is 5.34. The number of hydrogen-bond donors (Lipinski definition) is 1. The highest BCUT2D eigenvalue weighted by Gasteiger charge is 2.31. The van der Waals surface area contributed by atoms with Crippen molar-refractivity contribution < 1.29 is 17.6 Å². The van der Waals surface area contributed by atoms with Crippen LogP contribution in [0.2, 0.25) is 0 Å². The lowest BCUT2D eigenvalue weighted by molar-refractivity contribution is -0.131. The minimum atomic E-state index is -3.77. The third kappa shape index (κ3) is 3.75. The normalized spacial score (nSPS) is 15.5. The van der Waals surface area contributed by atoms with Crippen molar-refractivity contribution in [3.05, 3.63) is 64.8 Å². The maximum Gasteiger partial charge on any atom is 0.419 e. The Hall–Kier alpha value is -3.37. The first-order valence-electron chi connectivity index (χ1n) is 10.8. The van der Waals surface area contributed by atoms with E-state index in [9.17, 15) is 18.0 Å². The average Bonchev–Trinajstić information content (AvgIpc) is 3.38. The van der Waals surface area contributed by atoms with E-state index in [0.29, 0.717) is 25.2 Å². The lowest BCUT2D eigenvalue weighted by atomic mass is 10.1. The fraction of sp³-hybridized carbons (Fsp3) is 0.304. The number of aromatic nitrogens is 2. The molecule has 9 nitrogen and oxygen atoms in total. The molecule has 2 aromatic carbocycles. The Morgan fingerprint density at radius 3 is 2.61 bits per heavy atom. The largest absolute Gasteiger partial charge is 0.419 e. The number of para-hydroxylation sites is 1. The van der Waals surface area contributed by atoms with E-state index in [1.165, 1.54) is 21.0 Å². The van der Waals surface area contributed by atoms with E-state index in [4.69, 9.17) is 4.42 Å². The van der Waals surface area contributed by atoms with Gasteiger partial charge in [-0.15, -0.1) is 0 Å². The van der Waals surface area contributed by atoms with Gasteiger partial charge in [-0.3, -0.25) is 9.36 Å². The number of oxazole rings is 1. The summed E-state index contributed by atoms with van der Waals surface area (Å²) in [6.45, 7) is 3.32. The summed E-state index contributed by atoms with van der Waals surface area (Å²) >= 11 is 0. The summed E-state index contributed by atoms with van der Waals surface area (Å²) in [6.07, 6.45) is 2.12. The van der Waals surface area contributed by atoms with Crippen molar-refractivity contribution in [3.63, 3.8) is 0 Å². The Bertz CT molecular complexity index is 1510. The molecule has 0 bridgehead atoms. The van der Waals surface area contributed by atoms with Crippen LogP contribution < -0.4 is 5.76 Å². The van der Waals surface area contributed by atoms with E-state index in [1.54, 1.807) is 11.0 Å². The van der Waals surface area contributed by atoms with Crippen molar-refractivity contribution >= 4 is 37.9 Å². The van der Waals surface area contributed by atoms with Crippen molar-refractivity contribution in [1.29, 1.82) is 0 Å². The molecule has 0 spiro atoms. The SMILES string of the molecule is CCn1c(=O)oc2cc(S(=O)(=O)N3CCN(C(=O)Cc4c[nH]c5ccccc45)CC3)ccc21. The van der Waals surface area contributed by atoms with Gasteiger partial charge in [0, 0.05) is 55.9 Å². The zero-order chi connectivity index (χ0) is 23.2. The van der Waals surface area contributed by atoms with Gasteiger partial charge in [-0.1, -0.05) is 18.2 Å². The predicted molar refractivity (Wildman–Crippen MR) is 123 cm³/mol. The number of aromatic amines is 1. The van der Waals surface area contributed by atoms with Crippen LogP contribution in [0.3, 0.4) is 0 Å². The highest BCUT2D eigenvalue weighted by molar-refractivity contribution is 7.89. The highest BCUT2D eigenvalue weighted by Crippen LogP contribution is 2.23. The van der Waals surface area contributed by atoms with Gasteiger partial charge in [-0.2, -0.15) is 4.31 Å². The number of fused-ring (bicyclic) bond motifs is 2. The molecule has 1 aliphatic heterocycles. The molecule has 1 N–H and O–H groups in total. The lowest BCUT2D eigenvalue weighted by Gasteiger charge is -2.34. The maximum atomic E-state index is 13.2. The second-order valence-corrected chi connectivity index (χ2v) is 10.0. The minimum absolute atomic E-state index is 0.0269. The van der Waals surface area contributed by atoms with Gasteiger partial charge >= 0.3 is 5.76 Å². The predicted octanol–water partition coefficient (Wildman–Crippen LogP) is 2.17. The molecular formula is C23H24N4O5S. The number of piperazine rings is 1. The van der Waals surface area contributed by atoms with Crippen molar-refractivity contribution in [2.45, 2.75) is 24.8 Å². The van der Waals surface area contributed by atoms with Crippen molar-refractivity contribution in [2.75, 3.05) is 26.2 Å². The molecule has 0 aliphatic carbocycles. The van der Waals surface area contributed by atoms with Crippen LogP contribution in [-0.2, 0) is 27.8 Å². The number of H-pyrrole nitrogens is 1. The number of hydrogen-bond acceptors (Lipinski definition) is 5. The first-order valence-corrected chi connectivity index (χ1v) is 12.3. The van der Waals surface area contributed by atoms with Gasteiger partial charge in [0.15, 0.2) is 5.58 Å². The number of nitrogens with one attached hydrogen (secondary N) is 1. The molecule has 5 rings (SSSR count). The quantitative estimate of drug-likeness (QED) is 0.483. The molecule has 1 amide bonds. The number of benzene rings is 2. The first kappa shape index (κ1) is 21.5. The number of nitrogens with zero attached hydrogens (tertiary/aromatic N) is 3. The van der Waals surface area contributed by atoms with E-state index in [1.807, 2.05) is 37.4 Å². The standard InChI is InChI=1S/C23H24N4O5S/c1-2-27-20-8-7-17(14-21(20)32-23(27)29)33(30,31)26-11-9-25(10-12-26)22(28)13-16-15-24-19-6-4-3-5-18(16)19/h3-8,14-15,24H,2,9-13H2,1H3. The number of aryl methyl sites for hydroxylation is 1. The van der Waals surface area contributed by atoms with Gasteiger partial charge in [-0.25, -0.2) is 13.2 Å². The van der Waals surface area contributed by atoms with Gasteiger partial charge in [0.25, 0.3) is 0 Å². The highest BCUT2D eigenvalue weighted by atomic mass is 32.2. The summed E-state index contributed by atoms with van der Waals surface area (Å²) in [5, 5.41) is 1.02.